The highest BCUT2D eigenvalue weighted by atomic mass is 16.7. The molecule has 2 rings (SSSR count). The first-order valence-corrected chi connectivity index (χ1v) is 5.79. The molecule has 0 unspecified atom stereocenters. The molecule has 8 nitrogen and oxygen atoms in total. The van der Waals surface area contributed by atoms with Gasteiger partial charge in [-0.05, 0) is 18.1 Å². The van der Waals surface area contributed by atoms with Gasteiger partial charge < -0.3 is 14.1 Å². The lowest BCUT2D eigenvalue weighted by atomic mass is 10.0. The van der Waals surface area contributed by atoms with Crippen molar-refractivity contribution in [2.45, 2.75) is 0 Å². The third-order valence-electron chi connectivity index (χ3n) is 2.61. The van der Waals surface area contributed by atoms with E-state index in [1.165, 1.54) is 12.1 Å². The van der Waals surface area contributed by atoms with Crippen molar-refractivity contribution in [1.29, 1.82) is 0 Å². The van der Waals surface area contributed by atoms with Crippen LogP contribution in [0.2, 0.25) is 0 Å². The van der Waals surface area contributed by atoms with Gasteiger partial charge in [-0.3, -0.25) is 14.4 Å². The molecule has 0 fully saturated rings. The zero-order valence-corrected chi connectivity index (χ0v) is 10.9. The number of nitrogens with zero attached hydrogens (tertiary/aromatic N) is 1. The summed E-state index contributed by atoms with van der Waals surface area (Å²) in [5.74, 6) is -2.45. The van der Waals surface area contributed by atoms with E-state index in [9.17, 15) is 19.2 Å². The summed E-state index contributed by atoms with van der Waals surface area (Å²) in [6, 6.07) is 6.02. The fraction of sp³-hybridized carbons (Fsp3) is 0. The van der Waals surface area contributed by atoms with E-state index in [0.29, 0.717) is 5.06 Å². The maximum absolute atomic E-state index is 12.1. The number of hydrogen-bond acceptors (Lipinski definition) is 7. The minimum Gasteiger partial charge on any atom is -0.538 e. The maximum atomic E-state index is 12.1. The number of fused-ring (bicyclic) bond motifs is 1. The summed E-state index contributed by atoms with van der Waals surface area (Å²) < 4.78 is 8.20. The molecule has 0 N–H and O–H groups in total. The highest BCUT2D eigenvalue weighted by Gasteiger charge is 2.38. The second-order valence-corrected chi connectivity index (χ2v) is 3.85. The van der Waals surface area contributed by atoms with Crippen LogP contribution in [-0.2, 0) is 23.7 Å². The number of hydroxylamine groups is 2. The van der Waals surface area contributed by atoms with E-state index in [1.54, 1.807) is 12.1 Å². The van der Waals surface area contributed by atoms with Crippen molar-refractivity contribution >= 4 is 39.8 Å². The molecule has 0 saturated heterocycles. The Bertz CT molecular complexity index is 638. The number of rotatable bonds is 6. The standard InChI is InChI=1S/C12H6B2NO7/c13-21-12(19)9(5-14-20-6-16)22-15-10(17)7-3-1-2-4-8(7)11(15)18/h1-6H. The Kier molecular flexibility index (Phi) is 4.62. The number of hydrogen-bond donors (Lipinski definition) is 0. The van der Waals surface area contributed by atoms with Gasteiger partial charge in [0.15, 0.2) is 0 Å². The molecular formula is C12H6B2NO7. The molecule has 0 aliphatic carbocycles. The van der Waals surface area contributed by atoms with E-state index in [-0.39, 0.29) is 17.6 Å². The summed E-state index contributed by atoms with van der Waals surface area (Å²) in [6.07, 6.45) is 0. The van der Waals surface area contributed by atoms with E-state index in [1.807, 2.05) is 0 Å². The smallest absolute Gasteiger partial charge is 0.408 e. The molecule has 0 bridgehead atoms. The Morgan fingerprint density at radius 2 is 1.77 bits per heavy atom. The van der Waals surface area contributed by atoms with Crippen molar-refractivity contribution in [3.63, 3.8) is 0 Å². The van der Waals surface area contributed by atoms with Crippen LogP contribution in [0.1, 0.15) is 20.7 Å². The number of benzene rings is 1. The predicted molar refractivity (Wildman–Crippen MR) is 70.9 cm³/mol. The van der Waals surface area contributed by atoms with Crippen molar-refractivity contribution in [2.24, 2.45) is 0 Å². The highest BCUT2D eigenvalue weighted by molar-refractivity contribution is 6.37. The molecule has 1 heterocycles. The number of amides is 2. The van der Waals surface area contributed by atoms with Crippen LogP contribution in [0.25, 0.3) is 0 Å². The van der Waals surface area contributed by atoms with Crippen LogP contribution in [0.15, 0.2) is 36.0 Å². The van der Waals surface area contributed by atoms with Gasteiger partial charge in [0.25, 0.3) is 18.3 Å². The van der Waals surface area contributed by atoms with Crippen LogP contribution in [0.4, 0.5) is 0 Å². The van der Waals surface area contributed by atoms with Crippen LogP contribution >= 0.6 is 0 Å². The minimum atomic E-state index is -1.18. The quantitative estimate of drug-likeness (QED) is 0.174. The second-order valence-electron chi connectivity index (χ2n) is 3.85. The van der Waals surface area contributed by atoms with Gasteiger partial charge in [0.2, 0.25) is 5.76 Å². The number of imide groups is 1. The average Bonchev–Trinajstić information content (AvgIpc) is 2.78. The molecule has 0 aromatic heterocycles. The Hall–Kier alpha value is -3.03. The van der Waals surface area contributed by atoms with Gasteiger partial charge in [-0.15, -0.1) is 0 Å². The van der Waals surface area contributed by atoms with Crippen molar-refractivity contribution < 1.29 is 33.3 Å². The third-order valence-corrected chi connectivity index (χ3v) is 2.61. The highest BCUT2D eigenvalue weighted by Crippen LogP contribution is 2.24. The third kappa shape index (κ3) is 2.85. The summed E-state index contributed by atoms with van der Waals surface area (Å²) >= 11 is 0. The topological polar surface area (TPSA) is 99.2 Å². The van der Waals surface area contributed by atoms with Gasteiger partial charge >= 0.3 is 21.5 Å². The van der Waals surface area contributed by atoms with E-state index in [0.717, 1.165) is 13.5 Å². The molecule has 3 radical (unpaired) electrons. The monoisotopic (exact) mass is 298 g/mol. The van der Waals surface area contributed by atoms with Gasteiger partial charge in [0, 0.05) is 0 Å². The van der Waals surface area contributed by atoms with Gasteiger partial charge in [-0.1, -0.05) is 17.2 Å². The second kappa shape index (κ2) is 6.61. The van der Waals surface area contributed by atoms with Gasteiger partial charge in [0.05, 0.1) is 11.1 Å². The van der Waals surface area contributed by atoms with Crippen molar-refractivity contribution in [3.05, 3.63) is 47.1 Å². The predicted octanol–water partition coefficient (Wildman–Crippen LogP) is -0.526. The average molecular weight is 298 g/mol. The van der Waals surface area contributed by atoms with E-state index in [4.69, 9.17) is 12.9 Å². The Morgan fingerprint density at radius 3 is 2.27 bits per heavy atom. The summed E-state index contributed by atoms with van der Waals surface area (Å²) in [5, 5.41) is 0.377. The van der Waals surface area contributed by atoms with E-state index in [2.05, 4.69) is 9.31 Å². The summed E-state index contributed by atoms with van der Waals surface area (Å²) in [4.78, 5) is 50.5. The normalized spacial score (nSPS) is 13.5. The molecule has 1 aliphatic heterocycles. The molecule has 0 saturated carbocycles. The van der Waals surface area contributed by atoms with Crippen LogP contribution in [0.5, 0.6) is 0 Å². The summed E-state index contributed by atoms with van der Waals surface area (Å²) in [5.41, 5.74) is 0.252. The fourth-order valence-corrected chi connectivity index (χ4v) is 1.68. The molecule has 10 heteroatoms. The minimum absolute atomic E-state index is 0.0872. The van der Waals surface area contributed by atoms with Crippen LogP contribution in [-0.4, -0.2) is 44.9 Å². The van der Waals surface area contributed by atoms with Crippen LogP contribution < -0.4 is 0 Å². The molecule has 107 valence electrons. The van der Waals surface area contributed by atoms with E-state index < -0.39 is 23.5 Å². The molecule has 0 spiro atoms. The first-order chi connectivity index (χ1) is 10.6. The lowest BCUT2D eigenvalue weighted by molar-refractivity contribution is -0.140. The van der Waals surface area contributed by atoms with Gasteiger partial charge in [0.1, 0.15) is 0 Å². The molecule has 1 aliphatic rings. The summed E-state index contributed by atoms with van der Waals surface area (Å²) in [7, 11) is 5.51. The Morgan fingerprint density at radius 1 is 1.18 bits per heavy atom. The fourth-order valence-electron chi connectivity index (χ4n) is 1.68. The first kappa shape index (κ1) is 15.4. The largest absolute Gasteiger partial charge is 0.538 e. The lowest BCUT2D eigenvalue weighted by Gasteiger charge is -2.15. The molecular weight excluding hydrogens is 292 g/mol. The van der Waals surface area contributed by atoms with Crippen LogP contribution in [0.3, 0.4) is 0 Å². The zero-order chi connectivity index (χ0) is 16.1. The zero-order valence-electron chi connectivity index (χ0n) is 10.9. The van der Waals surface area contributed by atoms with Gasteiger partial charge in [-0.25, -0.2) is 4.79 Å². The van der Waals surface area contributed by atoms with Crippen molar-refractivity contribution in [1.82, 2.24) is 5.06 Å². The molecule has 1 aromatic rings. The molecule has 2 amide bonds. The van der Waals surface area contributed by atoms with Crippen molar-refractivity contribution in [3.8, 4) is 0 Å². The Balaban J connectivity index is 2.23. The lowest BCUT2D eigenvalue weighted by Crippen LogP contribution is -2.31. The van der Waals surface area contributed by atoms with Crippen molar-refractivity contribution in [2.75, 3.05) is 0 Å². The van der Waals surface area contributed by atoms with Crippen LogP contribution in [0, 0.1) is 0 Å². The van der Waals surface area contributed by atoms with E-state index >= 15 is 0 Å². The first-order valence-electron chi connectivity index (χ1n) is 5.79. The van der Waals surface area contributed by atoms with Gasteiger partial charge in [-0.2, -0.15) is 0 Å². The maximum Gasteiger partial charge on any atom is 0.408 e. The summed E-state index contributed by atoms with van der Waals surface area (Å²) in [6.45, 7) is 0.0872. The number of carbonyl (C=O) groups excluding carboxylic acids is 4. The SMILES string of the molecule is [B]OC(=O)C(=C[B]OC=O)ON1C(=O)c2ccccc2C1=O. The molecule has 22 heavy (non-hydrogen) atoms. The number of carbonyl (C=O) groups is 4. The molecule has 0 atom stereocenters. The Labute approximate surface area is 126 Å². The molecule has 1 aromatic carbocycles.